The molecule has 1 aromatic carbocycles. The number of aromatic nitrogens is 7. The topological polar surface area (TPSA) is 111 Å². The molecule has 0 unspecified atom stereocenters. The van der Waals surface area contributed by atoms with Crippen molar-refractivity contribution in [3.05, 3.63) is 76.8 Å². The van der Waals surface area contributed by atoms with Crippen molar-refractivity contribution >= 4 is 5.91 Å². The Balaban J connectivity index is 1.76. The van der Waals surface area contributed by atoms with Gasteiger partial charge in [0, 0.05) is 17.7 Å². The third-order valence-corrected chi connectivity index (χ3v) is 5.03. The second-order valence-electron chi connectivity index (χ2n) is 8.03. The Labute approximate surface area is 190 Å². The lowest BCUT2D eigenvalue weighted by Crippen LogP contribution is -2.25. The molecule has 33 heavy (non-hydrogen) atoms. The van der Waals surface area contributed by atoms with Crippen molar-refractivity contribution < 1.29 is 9.18 Å². The summed E-state index contributed by atoms with van der Waals surface area (Å²) < 4.78 is 17.1. The van der Waals surface area contributed by atoms with Crippen molar-refractivity contribution in [3.63, 3.8) is 0 Å². The fraction of sp³-hybridized carbons (Fsp3) is 0.261. The molecule has 0 fully saturated rings. The van der Waals surface area contributed by atoms with Gasteiger partial charge in [-0.3, -0.25) is 9.78 Å². The maximum Gasteiger partial charge on any atom is 0.254 e. The van der Waals surface area contributed by atoms with Crippen LogP contribution in [0.1, 0.15) is 52.9 Å². The van der Waals surface area contributed by atoms with Gasteiger partial charge >= 0.3 is 0 Å². The van der Waals surface area contributed by atoms with Gasteiger partial charge in [0.25, 0.3) is 5.91 Å². The molecular formula is C23H23FN8O. The first-order chi connectivity index (χ1) is 15.8. The predicted octanol–water partition coefficient (Wildman–Crippen LogP) is 3.32. The van der Waals surface area contributed by atoms with Crippen molar-refractivity contribution in [3.8, 4) is 16.9 Å². The largest absolute Gasteiger partial charge is 0.346 e. The number of benzene rings is 1. The van der Waals surface area contributed by atoms with Gasteiger partial charge in [-0.25, -0.2) is 4.39 Å². The fourth-order valence-corrected chi connectivity index (χ4v) is 3.24. The number of carbonyl (C=O) groups excluding carboxylic acids is 1. The molecule has 1 amide bonds. The van der Waals surface area contributed by atoms with E-state index in [1.807, 2.05) is 33.8 Å². The molecule has 1 N–H and O–H groups in total. The minimum atomic E-state index is -0.679. The molecule has 168 valence electrons. The summed E-state index contributed by atoms with van der Waals surface area (Å²) in [5, 5.41) is 22.6. The first-order valence-electron chi connectivity index (χ1n) is 10.5. The first kappa shape index (κ1) is 22.1. The fourth-order valence-electron chi connectivity index (χ4n) is 3.24. The maximum absolute atomic E-state index is 15.6. The van der Waals surface area contributed by atoms with E-state index in [4.69, 9.17) is 0 Å². The average molecular weight is 446 g/mol. The van der Waals surface area contributed by atoms with Crippen LogP contribution in [-0.4, -0.2) is 41.3 Å². The first-order valence-corrected chi connectivity index (χ1v) is 10.5. The SMILES string of the molecule is Cc1ccc(-c2cc(-n3nnnc3C(C)C)cc(C(=O)NCc3ccc(C)nn3)c2F)nc1. The predicted molar refractivity (Wildman–Crippen MR) is 119 cm³/mol. The van der Waals surface area contributed by atoms with Crippen molar-refractivity contribution in [1.29, 1.82) is 0 Å². The normalized spacial score (nSPS) is 11.1. The number of hydrogen-bond acceptors (Lipinski definition) is 7. The standard InChI is InChI=1S/C23H23FN8O/c1-13(2)22-29-30-31-32(22)17-9-18(20-8-5-14(3)11-25-20)21(24)19(10-17)23(33)26-12-16-7-6-15(4)27-28-16/h5-11,13H,12H2,1-4H3,(H,26,33). The van der Waals surface area contributed by atoms with Gasteiger partial charge in [0.05, 0.1) is 34.9 Å². The number of halogens is 1. The summed E-state index contributed by atoms with van der Waals surface area (Å²) in [5.41, 5.74) is 3.17. The van der Waals surface area contributed by atoms with E-state index in [1.54, 1.807) is 30.5 Å². The minimum Gasteiger partial charge on any atom is -0.346 e. The molecule has 0 spiro atoms. The Hall–Kier alpha value is -4.08. The molecule has 3 heterocycles. The average Bonchev–Trinajstić information content (AvgIpc) is 3.30. The van der Waals surface area contributed by atoms with Crippen LogP contribution in [-0.2, 0) is 6.54 Å². The summed E-state index contributed by atoms with van der Waals surface area (Å²) in [7, 11) is 0. The van der Waals surface area contributed by atoms with Crippen LogP contribution in [0.15, 0.2) is 42.6 Å². The van der Waals surface area contributed by atoms with E-state index in [9.17, 15) is 4.79 Å². The van der Waals surface area contributed by atoms with Crippen molar-refractivity contribution in [2.75, 3.05) is 0 Å². The zero-order chi connectivity index (χ0) is 23.5. The second kappa shape index (κ2) is 9.19. The number of amides is 1. The zero-order valence-corrected chi connectivity index (χ0v) is 18.7. The van der Waals surface area contributed by atoms with Crippen LogP contribution >= 0.6 is 0 Å². The van der Waals surface area contributed by atoms with Gasteiger partial charge in [-0.15, -0.1) is 5.10 Å². The summed E-state index contributed by atoms with van der Waals surface area (Å²) in [6, 6.07) is 10.1. The highest BCUT2D eigenvalue weighted by atomic mass is 19.1. The van der Waals surface area contributed by atoms with E-state index in [2.05, 4.69) is 36.0 Å². The molecule has 10 heteroatoms. The highest BCUT2D eigenvalue weighted by Crippen LogP contribution is 2.28. The lowest BCUT2D eigenvalue weighted by molar-refractivity contribution is 0.0946. The minimum absolute atomic E-state index is 0.0170. The molecule has 0 saturated carbocycles. The van der Waals surface area contributed by atoms with E-state index >= 15 is 4.39 Å². The molecule has 3 aromatic heterocycles. The van der Waals surface area contributed by atoms with Crippen LogP contribution in [0.25, 0.3) is 16.9 Å². The molecular weight excluding hydrogens is 423 g/mol. The Morgan fingerprint density at radius 2 is 1.91 bits per heavy atom. The van der Waals surface area contributed by atoms with E-state index in [-0.39, 0.29) is 23.6 Å². The maximum atomic E-state index is 15.6. The van der Waals surface area contributed by atoms with Crippen LogP contribution in [0.4, 0.5) is 4.39 Å². The van der Waals surface area contributed by atoms with Gasteiger partial charge in [0.1, 0.15) is 5.82 Å². The van der Waals surface area contributed by atoms with E-state index in [0.717, 1.165) is 11.3 Å². The van der Waals surface area contributed by atoms with Crippen LogP contribution < -0.4 is 5.32 Å². The number of hydrogen-bond donors (Lipinski definition) is 1. The van der Waals surface area contributed by atoms with Gasteiger partial charge in [-0.05, 0) is 60.2 Å². The molecule has 0 saturated heterocycles. The molecule has 4 aromatic rings. The van der Waals surface area contributed by atoms with Crippen molar-refractivity contribution in [1.82, 2.24) is 40.7 Å². The van der Waals surface area contributed by atoms with E-state index in [1.165, 1.54) is 10.7 Å². The van der Waals surface area contributed by atoms with Gasteiger partial charge in [0.2, 0.25) is 0 Å². The van der Waals surface area contributed by atoms with Crippen molar-refractivity contribution in [2.45, 2.75) is 40.2 Å². The molecule has 9 nitrogen and oxygen atoms in total. The summed E-state index contributed by atoms with van der Waals surface area (Å²) in [5.74, 6) is -0.667. The Morgan fingerprint density at radius 1 is 1.09 bits per heavy atom. The van der Waals surface area contributed by atoms with Crippen LogP contribution in [0.3, 0.4) is 0 Å². The third kappa shape index (κ3) is 4.74. The van der Waals surface area contributed by atoms with Gasteiger partial charge in [-0.1, -0.05) is 19.9 Å². The quantitative estimate of drug-likeness (QED) is 0.484. The van der Waals surface area contributed by atoms with Crippen molar-refractivity contribution in [2.24, 2.45) is 0 Å². The third-order valence-electron chi connectivity index (χ3n) is 5.03. The highest BCUT2D eigenvalue weighted by molar-refractivity contribution is 5.96. The number of aryl methyl sites for hydroxylation is 2. The number of carbonyl (C=O) groups is 1. The van der Waals surface area contributed by atoms with Gasteiger partial charge in [-0.2, -0.15) is 14.9 Å². The monoisotopic (exact) mass is 446 g/mol. The Bertz CT molecular complexity index is 1280. The smallest absolute Gasteiger partial charge is 0.254 e. The molecule has 0 bridgehead atoms. The Morgan fingerprint density at radius 3 is 2.58 bits per heavy atom. The molecule has 0 aliphatic rings. The second-order valence-corrected chi connectivity index (χ2v) is 8.03. The molecule has 0 aliphatic heterocycles. The number of nitrogens with one attached hydrogen (secondary N) is 1. The molecule has 0 radical (unpaired) electrons. The van der Waals surface area contributed by atoms with Crippen LogP contribution in [0.5, 0.6) is 0 Å². The number of pyridine rings is 1. The van der Waals surface area contributed by atoms with E-state index < -0.39 is 11.7 Å². The lowest BCUT2D eigenvalue weighted by atomic mass is 10.0. The number of rotatable bonds is 6. The van der Waals surface area contributed by atoms with Crippen LogP contribution in [0.2, 0.25) is 0 Å². The molecule has 0 aliphatic carbocycles. The molecule has 0 atom stereocenters. The lowest BCUT2D eigenvalue weighted by Gasteiger charge is -2.14. The summed E-state index contributed by atoms with van der Waals surface area (Å²) in [4.78, 5) is 17.3. The van der Waals surface area contributed by atoms with Gasteiger partial charge in [0.15, 0.2) is 5.82 Å². The summed E-state index contributed by atoms with van der Waals surface area (Å²) >= 11 is 0. The summed E-state index contributed by atoms with van der Waals surface area (Å²) in [6.07, 6.45) is 1.65. The van der Waals surface area contributed by atoms with Gasteiger partial charge < -0.3 is 5.32 Å². The summed E-state index contributed by atoms with van der Waals surface area (Å²) in [6.45, 7) is 7.72. The Kier molecular flexibility index (Phi) is 6.16. The zero-order valence-electron chi connectivity index (χ0n) is 18.7. The highest BCUT2D eigenvalue weighted by Gasteiger charge is 2.22. The van der Waals surface area contributed by atoms with E-state index in [0.29, 0.717) is 22.9 Å². The number of tetrazole rings is 1. The molecule has 4 rings (SSSR count). The number of nitrogens with zero attached hydrogens (tertiary/aromatic N) is 7. The van der Waals surface area contributed by atoms with Crippen LogP contribution in [0, 0.1) is 19.7 Å².